The van der Waals surface area contributed by atoms with Crippen LogP contribution in [0.4, 0.5) is 0 Å². The number of carbonyl (C=O) groups is 2. The first-order valence-corrected chi connectivity index (χ1v) is 9.07. The molecule has 0 spiro atoms. The summed E-state index contributed by atoms with van der Waals surface area (Å²) in [5.41, 5.74) is 0.470. The summed E-state index contributed by atoms with van der Waals surface area (Å²) in [5.74, 6) is -0.502. The topological polar surface area (TPSA) is 57.6 Å². The quantitative estimate of drug-likeness (QED) is 0.929. The standard InChI is InChI=1S/C21H23NO3/c23-19(22-13-18-6-3-11-21(18,14-22)20(24)25)10-8-15-7-9-16-4-1-2-5-17(16)12-15/h1-2,4-5,7,9,12,18H,3,6,8,10-11,13-14H2,(H,24,25)/t18-,21+/m0/s1. The third kappa shape index (κ3) is 2.80. The van der Waals surface area contributed by atoms with Gasteiger partial charge in [-0.15, -0.1) is 0 Å². The highest BCUT2D eigenvalue weighted by Crippen LogP contribution is 2.49. The maximum Gasteiger partial charge on any atom is 0.311 e. The summed E-state index contributed by atoms with van der Waals surface area (Å²) in [7, 11) is 0. The Labute approximate surface area is 147 Å². The fraction of sp³-hybridized carbons (Fsp3) is 0.429. The number of amides is 1. The van der Waals surface area contributed by atoms with Gasteiger partial charge in [0.1, 0.15) is 0 Å². The zero-order valence-electron chi connectivity index (χ0n) is 14.3. The molecule has 2 atom stereocenters. The van der Waals surface area contributed by atoms with Gasteiger partial charge < -0.3 is 10.0 Å². The molecule has 0 bridgehead atoms. The third-order valence-electron chi connectivity index (χ3n) is 6.09. The molecule has 25 heavy (non-hydrogen) atoms. The number of rotatable bonds is 4. The smallest absolute Gasteiger partial charge is 0.311 e. The van der Waals surface area contributed by atoms with E-state index in [1.807, 2.05) is 12.1 Å². The van der Waals surface area contributed by atoms with Crippen LogP contribution in [0, 0.1) is 11.3 Å². The lowest BCUT2D eigenvalue weighted by Crippen LogP contribution is -2.37. The monoisotopic (exact) mass is 337 g/mol. The van der Waals surface area contributed by atoms with Crippen LogP contribution in [0.15, 0.2) is 42.5 Å². The Balaban J connectivity index is 1.41. The second-order valence-electron chi connectivity index (χ2n) is 7.51. The van der Waals surface area contributed by atoms with Crippen molar-refractivity contribution in [3.63, 3.8) is 0 Å². The molecular weight excluding hydrogens is 314 g/mol. The Morgan fingerprint density at radius 1 is 1.16 bits per heavy atom. The number of aryl methyl sites for hydroxylation is 1. The second kappa shape index (κ2) is 6.17. The lowest BCUT2D eigenvalue weighted by atomic mass is 9.81. The molecule has 1 aliphatic heterocycles. The van der Waals surface area contributed by atoms with Crippen molar-refractivity contribution in [1.29, 1.82) is 0 Å². The molecule has 4 rings (SSSR count). The average Bonchev–Trinajstić information content (AvgIpc) is 3.18. The molecule has 130 valence electrons. The van der Waals surface area contributed by atoms with Gasteiger partial charge in [-0.2, -0.15) is 0 Å². The Bertz CT molecular complexity index is 831. The van der Waals surface area contributed by atoms with Crippen molar-refractivity contribution in [2.24, 2.45) is 11.3 Å². The molecule has 1 saturated carbocycles. The molecule has 2 aromatic carbocycles. The van der Waals surface area contributed by atoms with Gasteiger partial charge in [0.25, 0.3) is 0 Å². The summed E-state index contributed by atoms with van der Waals surface area (Å²) in [6, 6.07) is 14.5. The van der Waals surface area contributed by atoms with E-state index in [1.54, 1.807) is 4.90 Å². The fourth-order valence-corrected chi connectivity index (χ4v) is 4.63. The van der Waals surface area contributed by atoms with Gasteiger partial charge in [-0.1, -0.05) is 48.9 Å². The summed E-state index contributed by atoms with van der Waals surface area (Å²) >= 11 is 0. The van der Waals surface area contributed by atoms with Crippen molar-refractivity contribution in [1.82, 2.24) is 4.90 Å². The Morgan fingerprint density at radius 3 is 2.72 bits per heavy atom. The molecule has 2 fully saturated rings. The van der Waals surface area contributed by atoms with Gasteiger partial charge in [0.15, 0.2) is 0 Å². The number of carbonyl (C=O) groups excluding carboxylic acids is 1. The van der Waals surface area contributed by atoms with Crippen LogP contribution in [0.5, 0.6) is 0 Å². The predicted octanol–water partition coefficient (Wildman–Crippen LogP) is 3.49. The Hall–Kier alpha value is -2.36. The highest BCUT2D eigenvalue weighted by atomic mass is 16.4. The molecule has 0 aromatic heterocycles. The van der Waals surface area contributed by atoms with E-state index in [0.29, 0.717) is 32.4 Å². The first-order chi connectivity index (χ1) is 12.1. The molecule has 0 unspecified atom stereocenters. The number of carboxylic acid groups (broad SMARTS) is 1. The first-order valence-electron chi connectivity index (χ1n) is 9.07. The summed E-state index contributed by atoms with van der Waals surface area (Å²) in [6.07, 6.45) is 3.75. The lowest BCUT2D eigenvalue weighted by molar-refractivity contribution is -0.149. The van der Waals surface area contributed by atoms with Crippen molar-refractivity contribution in [2.75, 3.05) is 13.1 Å². The summed E-state index contributed by atoms with van der Waals surface area (Å²) in [4.78, 5) is 26.1. The van der Waals surface area contributed by atoms with Crippen LogP contribution in [0.25, 0.3) is 10.8 Å². The minimum Gasteiger partial charge on any atom is -0.481 e. The number of carboxylic acids is 1. The molecule has 1 N–H and O–H groups in total. The fourth-order valence-electron chi connectivity index (χ4n) is 4.63. The molecule has 2 aromatic rings. The minimum absolute atomic E-state index is 0.0863. The van der Waals surface area contributed by atoms with E-state index in [-0.39, 0.29) is 11.8 Å². The largest absolute Gasteiger partial charge is 0.481 e. The van der Waals surface area contributed by atoms with Gasteiger partial charge in [0.2, 0.25) is 5.91 Å². The average molecular weight is 337 g/mol. The van der Waals surface area contributed by atoms with E-state index in [9.17, 15) is 14.7 Å². The first kappa shape index (κ1) is 16.1. The summed E-state index contributed by atoms with van der Waals surface area (Å²) in [6.45, 7) is 1.01. The van der Waals surface area contributed by atoms with Crippen LogP contribution in [-0.2, 0) is 16.0 Å². The molecule has 1 aliphatic carbocycles. The molecule has 4 nitrogen and oxygen atoms in total. The van der Waals surface area contributed by atoms with Gasteiger partial charge in [-0.25, -0.2) is 0 Å². The second-order valence-corrected chi connectivity index (χ2v) is 7.51. The van der Waals surface area contributed by atoms with E-state index in [4.69, 9.17) is 0 Å². The van der Waals surface area contributed by atoms with Crippen LogP contribution < -0.4 is 0 Å². The van der Waals surface area contributed by atoms with Gasteiger partial charge in [-0.05, 0) is 41.5 Å². The molecule has 1 saturated heterocycles. The highest BCUT2D eigenvalue weighted by Gasteiger charge is 2.55. The molecule has 4 heteroatoms. The van der Waals surface area contributed by atoms with Gasteiger partial charge in [0.05, 0.1) is 5.41 Å². The Morgan fingerprint density at radius 2 is 1.96 bits per heavy atom. The van der Waals surface area contributed by atoms with E-state index >= 15 is 0 Å². The highest BCUT2D eigenvalue weighted by molar-refractivity contribution is 5.84. The molecule has 0 radical (unpaired) electrons. The maximum absolute atomic E-state index is 12.6. The minimum atomic E-state index is -0.722. The van der Waals surface area contributed by atoms with Gasteiger partial charge in [-0.3, -0.25) is 9.59 Å². The van der Waals surface area contributed by atoms with E-state index in [2.05, 4.69) is 30.3 Å². The number of fused-ring (bicyclic) bond motifs is 2. The lowest BCUT2D eigenvalue weighted by Gasteiger charge is -2.23. The molecule has 2 aliphatic rings. The van der Waals surface area contributed by atoms with Crippen LogP contribution in [0.3, 0.4) is 0 Å². The number of aliphatic carboxylic acids is 1. The number of likely N-dealkylation sites (tertiary alicyclic amines) is 1. The summed E-state index contributed by atoms with van der Waals surface area (Å²) < 4.78 is 0. The van der Waals surface area contributed by atoms with Crippen molar-refractivity contribution >= 4 is 22.6 Å². The van der Waals surface area contributed by atoms with Crippen LogP contribution in [-0.4, -0.2) is 35.0 Å². The van der Waals surface area contributed by atoms with Gasteiger partial charge in [0, 0.05) is 19.5 Å². The number of nitrogens with zero attached hydrogens (tertiary/aromatic N) is 1. The number of hydrogen-bond donors (Lipinski definition) is 1. The zero-order valence-corrected chi connectivity index (χ0v) is 14.3. The zero-order chi connectivity index (χ0) is 17.4. The SMILES string of the molecule is O=C(CCc1ccc2ccccc2c1)N1C[C@@H]2CCC[C@@]2(C(=O)O)C1. The molecule has 1 amide bonds. The van der Waals surface area contributed by atoms with Crippen LogP contribution in [0.1, 0.15) is 31.2 Å². The van der Waals surface area contributed by atoms with E-state index in [1.165, 1.54) is 10.8 Å². The van der Waals surface area contributed by atoms with Crippen LogP contribution >= 0.6 is 0 Å². The number of hydrogen-bond acceptors (Lipinski definition) is 2. The van der Waals surface area contributed by atoms with Crippen molar-refractivity contribution in [3.05, 3.63) is 48.0 Å². The summed E-state index contributed by atoms with van der Waals surface area (Å²) in [5, 5.41) is 12.0. The normalized spacial score (nSPS) is 25.3. The molecule has 1 heterocycles. The van der Waals surface area contributed by atoms with Crippen LogP contribution in [0.2, 0.25) is 0 Å². The maximum atomic E-state index is 12.6. The number of benzene rings is 2. The van der Waals surface area contributed by atoms with Crippen molar-refractivity contribution in [3.8, 4) is 0 Å². The third-order valence-corrected chi connectivity index (χ3v) is 6.09. The van der Waals surface area contributed by atoms with E-state index in [0.717, 1.165) is 18.4 Å². The van der Waals surface area contributed by atoms with Gasteiger partial charge >= 0.3 is 5.97 Å². The van der Waals surface area contributed by atoms with Crippen molar-refractivity contribution in [2.45, 2.75) is 32.1 Å². The van der Waals surface area contributed by atoms with E-state index < -0.39 is 11.4 Å². The molecular formula is C21H23NO3. The predicted molar refractivity (Wildman–Crippen MR) is 96.3 cm³/mol. The van der Waals surface area contributed by atoms with Crippen molar-refractivity contribution < 1.29 is 14.7 Å². The Kier molecular flexibility index (Phi) is 3.98.